The second kappa shape index (κ2) is 5.21. The van der Waals surface area contributed by atoms with Gasteiger partial charge in [-0.1, -0.05) is 0 Å². The van der Waals surface area contributed by atoms with Crippen molar-refractivity contribution in [1.29, 1.82) is 0 Å². The van der Waals surface area contributed by atoms with Crippen molar-refractivity contribution in [3.63, 3.8) is 0 Å². The summed E-state index contributed by atoms with van der Waals surface area (Å²) in [7, 11) is -3.16. The van der Waals surface area contributed by atoms with Gasteiger partial charge in [0.1, 0.15) is 0 Å². The van der Waals surface area contributed by atoms with E-state index in [2.05, 4.69) is 39.3 Å². The zero-order chi connectivity index (χ0) is 12.3. The first-order valence-corrected chi connectivity index (χ1v) is 13.5. The lowest BCUT2D eigenvalue weighted by Gasteiger charge is -2.35. The molecule has 0 rings (SSSR count). The molecule has 0 bridgehead atoms. The Morgan fingerprint density at radius 1 is 0.600 bits per heavy atom. The maximum atomic E-state index is 5.95. The van der Waals surface area contributed by atoms with E-state index in [0.29, 0.717) is 0 Å². The van der Waals surface area contributed by atoms with Gasteiger partial charge in [-0.3, -0.25) is 0 Å². The van der Waals surface area contributed by atoms with Crippen LogP contribution in [0.2, 0.25) is 39.3 Å². The number of rotatable bonds is 6. The van der Waals surface area contributed by atoms with E-state index in [0.717, 1.165) is 0 Å². The lowest BCUT2D eigenvalue weighted by Crippen LogP contribution is -2.58. The van der Waals surface area contributed by atoms with Gasteiger partial charge < -0.3 is 17.1 Å². The first-order chi connectivity index (χ1) is 6.54. The quantitative estimate of drug-likeness (QED) is 0.693. The highest BCUT2D eigenvalue weighted by atomic mass is 28.5. The van der Waals surface area contributed by atoms with Crippen molar-refractivity contribution in [2.45, 2.75) is 39.3 Å². The number of hydrogen-bond acceptors (Lipinski definition) is 4. The largest absolute Gasteiger partial charge is 0.657 e. The fourth-order valence-corrected chi connectivity index (χ4v) is 9.06. The average Bonchev–Trinajstić information content (AvgIpc) is 1.98. The molecule has 0 spiro atoms. The van der Waals surface area contributed by atoms with Crippen molar-refractivity contribution in [3.05, 3.63) is 0 Å². The molecule has 0 aliphatic carbocycles. The average molecular weight is 269 g/mol. The van der Waals surface area contributed by atoms with Crippen LogP contribution in [0.25, 0.3) is 0 Å². The van der Waals surface area contributed by atoms with Gasteiger partial charge in [-0.2, -0.15) is 0 Å². The first kappa shape index (κ1) is 15.5. The molecular weight excluding hydrogens is 244 g/mol. The molecule has 0 aromatic heterocycles. The van der Waals surface area contributed by atoms with Gasteiger partial charge >= 0.3 is 9.05 Å². The van der Waals surface area contributed by atoms with E-state index < -0.39 is 25.7 Å². The molecule has 0 heterocycles. The van der Waals surface area contributed by atoms with Crippen molar-refractivity contribution in [2.75, 3.05) is 14.2 Å². The van der Waals surface area contributed by atoms with Gasteiger partial charge in [-0.15, -0.1) is 0 Å². The number of hydrogen-bond donors (Lipinski definition) is 0. The molecule has 0 unspecified atom stereocenters. The Kier molecular flexibility index (Phi) is 5.38. The van der Waals surface area contributed by atoms with Crippen molar-refractivity contribution < 1.29 is 17.1 Å². The predicted molar refractivity (Wildman–Crippen MR) is 68.6 cm³/mol. The minimum atomic E-state index is -2.89. The van der Waals surface area contributed by atoms with E-state index in [-0.39, 0.29) is 0 Å². The third-order valence-electron chi connectivity index (χ3n) is 1.36. The smallest absolute Gasteiger partial charge is 0.395 e. The third kappa shape index (κ3) is 6.61. The normalized spacial score (nSPS) is 14.4. The van der Waals surface area contributed by atoms with Crippen molar-refractivity contribution >= 4 is 25.7 Å². The molecule has 0 saturated carbocycles. The summed E-state index contributed by atoms with van der Waals surface area (Å²) >= 11 is 0. The molecule has 4 nitrogen and oxygen atoms in total. The Balaban J connectivity index is 4.74. The Labute approximate surface area is 96.6 Å². The summed E-state index contributed by atoms with van der Waals surface area (Å²) in [5.74, 6) is 0. The van der Waals surface area contributed by atoms with E-state index >= 15 is 0 Å². The molecule has 0 atom stereocenters. The standard InChI is InChI=1S/C8H24O4Si3/c1-9-15(10-2,11-13(3,4)5)12-14(6,7)8/h1-8H3. The first-order valence-electron chi connectivity index (χ1n) is 5.04. The molecule has 0 amide bonds. The second-order valence-electron chi connectivity index (χ2n) is 5.34. The van der Waals surface area contributed by atoms with Crippen LogP contribution in [0.5, 0.6) is 0 Å². The fraction of sp³-hybridized carbons (Fsp3) is 1.00. The summed E-state index contributed by atoms with van der Waals surface area (Å²) in [6.45, 7) is 12.6. The topological polar surface area (TPSA) is 36.9 Å². The monoisotopic (exact) mass is 268 g/mol. The Hall–Kier alpha value is 0.491. The maximum Gasteiger partial charge on any atom is 0.657 e. The van der Waals surface area contributed by atoms with E-state index in [1.807, 2.05) is 0 Å². The maximum absolute atomic E-state index is 5.95. The molecule has 0 aromatic rings. The van der Waals surface area contributed by atoms with Crippen LogP contribution in [0.4, 0.5) is 0 Å². The molecule has 0 aromatic carbocycles. The zero-order valence-corrected chi connectivity index (χ0v) is 14.1. The fourth-order valence-electron chi connectivity index (χ4n) is 1.02. The van der Waals surface area contributed by atoms with Crippen molar-refractivity contribution in [2.24, 2.45) is 0 Å². The van der Waals surface area contributed by atoms with Gasteiger partial charge in [-0.05, 0) is 39.3 Å². The van der Waals surface area contributed by atoms with Crippen LogP contribution in [-0.2, 0) is 17.1 Å². The molecule has 0 aliphatic heterocycles. The highest BCUT2D eigenvalue weighted by molar-refractivity contribution is 6.83. The molecular formula is C8H24O4Si3. The molecule has 0 radical (unpaired) electrons. The molecule has 0 aliphatic rings. The van der Waals surface area contributed by atoms with E-state index in [1.165, 1.54) is 0 Å². The van der Waals surface area contributed by atoms with Gasteiger partial charge in [0.25, 0.3) is 0 Å². The van der Waals surface area contributed by atoms with Gasteiger partial charge in [0.05, 0.1) is 0 Å². The molecule has 0 N–H and O–H groups in total. The molecule has 0 saturated heterocycles. The Morgan fingerprint density at radius 2 is 0.867 bits per heavy atom. The molecule has 7 heteroatoms. The summed E-state index contributed by atoms with van der Waals surface area (Å²) in [6.07, 6.45) is 0. The van der Waals surface area contributed by atoms with Crippen molar-refractivity contribution in [1.82, 2.24) is 0 Å². The highest BCUT2D eigenvalue weighted by Crippen LogP contribution is 2.21. The van der Waals surface area contributed by atoms with E-state index in [4.69, 9.17) is 17.1 Å². The van der Waals surface area contributed by atoms with Crippen LogP contribution in [0.1, 0.15) is 0 Å². The van der Waals surface area contributed by atoms with Gasteiger partial charge in [0.15, 0.2) is 16.6 Å². The molecule has 0 fully saturated rings. The minimum absolute atomic E-state index is 1.59. The van der Waals surface area contributed by atoms with Crippen molar-refractivity contribution in [3.8, 4) is 0 Å². The van der Waals surface area contributed by atoms with Crippen LogP contribution in [0.3, 0.4) is 0 Å². The van der Waals surface area contributed by atoms with E-state index in [9.17, 15) is 0 Å². The minimum Gasteiger partial charge on any atom is -0.395 e. The van der Waals surface area contributed by atoms with Gasteiger partial charge in [0.2, 0.25) is 0 Å². The van der Waals surface area contributed by atoms with E-state index in [1.54, 1.807) is 14.2 Å². The lowest BCUT2D eigenvalue weighted by atomic mass is 11.8. The second-order valence-corrected chi connectivity index (χ2v) is 17.2. The van der Waals surface area contributed by atoms with Crippen LogP contribution in [-0.4, -0.2) is 39.9 Å². The zero-order valence-electron chi connectivity index (χ0n) is 11.1. The Morgan fingerprint density at radius 3 is 1.00 bits per heavy atom. The SMILES string of the molecule is CO[Si](OC)(O[Si](C)(C)C)O[Si](C)(C)C. The summed E-state index contributed by atoms with van der Waals surface area (Å²) < 4.78 is 22.7. The molecule has 15 heavy (non-hydrogen) atoms. The van der Waals surface area contributed by atoms with Crippen LogP contribution in [0.15, 0.2) is 0 Å². The van der Waals surface area contributed by atoms with Gasteiger partial charge in [0, 0.05) is 14.2 Å². The third-order valence-corrected chi connectivity index (χ3v) is 9.26. The van der Waals surface area contributed by atoms with Gasteiger partial charge in [-0.25, -0.2) is 0 Å². The molecule has 92 valence electrons. The highest BCUT2D eigenvalue weighted by Gasteiger charge is 2.49. The summed E-state index contributed by atoms with van der Waals surface area (Å²) in [5.41, 5.74) is 0. The van der Waals surface area contributed by atoms with Crippen LogP contribution in [0, 0.1) is 0 Å². The summed E-state index contributed by atoms with van der Waals surface area (Å²) in [5, 5.41) is 0. The Bertz CT molecular complexity index is 175. The van der Waals surface area contributed by atoms with Crippen LogP contribution < -0.4 is 0 Å². The predicted octanol–water partition coefficient (Wildman–Crippen LogP) is 2.42. The lowest BCUT2D eigenvalue weighted by molar-refractivity contribution is 0.0773. The summed E-state index contributed by atoms with van der Waals surface area (Å²) in [6, 6.07) is 0. The van der Waals surface area contributed by atoms with Crippen LogP contribution >= 0.6 is 0 Å². The summed E-state index contributed by atoms with van der Waals surface area (Å²) in [4.78, 5) is 0.